The second-order valence-corrected chi connectivity index (χ2v) is 7.45. The van der Waals surface area contributed by atoms with Gasteiger partial charge in [0.1, 0.15) is 0 Å². The van der Waals surface area contributed by atoms with Crippen LogP contribution in [0.15, 0.2) is 48.5 Å². The molecule has 0 bridgehead atoms. The van der Waals surface area contributed by atoms with E-state index in [1.807, 2.05) is 12.1 Å². The number of hydrogen-bond acceptors (Lipinski definition) is 1. The molecule has 0 aliphatic rings. The second-order valence-electron chi connectivity index (χ2n) is 4.31. The van der Waals surface area contributed by atoms with Crippen LogP contribution in [0.5, 0.6) is 0 Å². The van der Waals surface area contributed by atoms with Crippen molar-refractivity contribution in [3.63, 3.8) is 0 Å². The molecule has 19 heavy (non-hydrogen) atoms. The molecule has 0 aromatic heterocycles. The molecule has 2 aromatic carbocycles. The Morgan fingerprint density at radius 1 is 0.947 bits per heavy atom. The topological polar surface area (TPSA) is 20.2 Å². The van der Waals surface area contributed by atoms with Crippen LogP contribution in [0.3, 0.4) is 0 Å². The Bertz CT molecular complexity index is 514. The third-order valence-electron chi connectivity index (χ3n) is 2.96. The summed E-state index contributed by atoms with van der Waals surface area (Å²) in [4.78, 5) is 0. The summed E-state index contributed by atoms with van der Waals surface area (Å²) < 4.78 is 2.38. The van der Waals surface area contributed by atoms with Gasteiger partial charge in [-0.25, -0.2) is 0 Å². The zero-order valence-electron chi connectivity index (χ0n) is 10.1. The van der Waals surface area contributed by atoms with Gasteiger partial charge in [-0.1, -0.05) is 40.2 Å². The highest BCUT2D eigenvalue weighted by Crippen LogP contribution is 2.30. The Kier molecular flexibility index (Phi) is 6.11. The molecule has 0 aliphatic heterocycles. The molecule has 0 saturated carbocycles. The van der Waals surface area contributed by atoms with E-state index in [1.54, 1.807) is 0 Å². The first-order valence-electron chi connectivity index (χ1n) is 5.87. The largest absolute Gasteiger partial charge is 0.391 e. The summed E-state index contributed by atoms with van der Waals surface area (Å²) in [6.45, 7) is 0. The average Bonchev–Trinajstić information content (AvgIpc) is 2.39. The number of hydrogen-bond donors (Lipinski definition) is 1. The fourth-order valence-electron chi connectivity index (χ4n) is 2.13. The van der Waals surface area contributed by atoms with Crippen LogP contribution in [0, 0.1) is 7.14 Å². The van der Waals surface area contributed by atoms with E-state index in [0.29, 0.717) is 5.33 Å². The summed E-state index contributed by atoms with van der Waals surface area (Å²) in [6, 6.07) is 16.6. The molecular formula is C15H13BrI2O. The lowest BCUT2D eigenvalue weighted by atomic mass is 9.87. The molecule has 2 rings (SSSR count). The number of aliphatic hydroxyl groups is 1. The van der Waals surface area contributed by atoms with Gasteiger partial charge in [-0.3, -0.25) is 0 Å². The van der Waals surface area contributed by atoms with Gasteiger partial charge in [0.15, 0.2) is 0 Å². The lowest BCUT2D eigenvalue weighted by Crippen LogP contribution is -2.21. The molecule has 0 saturated heterocycles. The molecule has 0 radical (unpaired) electrons. The van der Waals surface area contributed by atoms with Crippen molar-refractivity contribution >= 4 is 61.1 Å². The SMILES string of the molecule is OC(CBr)C(c1cccc(I)c1)c1cccc(I)c1. The zero-order valence-corrected chi connectivity index (χ0v) is 16.0. The minimum absolute atomic E-state index is 0.00352. The third kappa shape index (κ3) is 4.15. The van der Waals surface area contributed by atoms with Gasteiger partial charge < -0.3 is 5.11 Å². The van der Waals surface area contributed by atoms with E-state index in [2.05, 4.69) is 97.5 Å². The fraction of sp³-hybridized carbons (Fsp3) is 0.200. The van der Waals surface area contributed by atoms with Gasteiger partial charge in [0, 0.05) is 18.4 Å². The van der Waals surface area contributed by atoms with Crippen LogP contribution >= 0.6 is 61.1 Å². The highest BCUT2D eigenvalue weighted by molar-refractivity contribution is 14.1. The summed E-state index contributed by atoms with van der Waals surface area (Å²) in [6.07, 6.45) is -0.434. The van der Waals surface area contributed by atoms with Gasteiger partial charge in [-0.15, -0.1) is 0 Å². The van der Waals surface area contributed by atoms with Crippen molar-refractivity contribution in [2.75, 3.05) is 5.33 Å². The summed E-state index contributed by atoms with van der Waals surface area (Å²) in [7, 11) is 0. The van der Waals surface area contributed by atoms with Crippen LogP contribution in [0.25, 0.3) is 0 Å². The Balaban J connectivity index is 2.47. The number of aliphatic hydroxyl groups excluding tert-OH is 1. The fourth-order valence-corrected chi connectivity index (χ4v) is 3.63. The van der Waals surface area contributed by atoms with Gasteiger partial charge in [0.25, 0.3) is 0 Å². The van der Waals surface area contributed by atoms with E-state index in [0.717, 1.165) is 11.1 Å². The van der Waals surface area contributed by atoms with Crippen molar-refractivity contribution in [3.8, 4) is 0 Å². The number of rotatable bonds is 4. The molecule has 1 unspecified atom stereocenters. The summed E-state index contributed by atoms with van der Waals surface area (Å²) in [5.41, 5.74) is 2.31. The maximum atomic E-state index is 10.4. The van der Waals surface area contributed by atoms with E-state index >= 15 is 0 Å². The molecule has 0 aliphatic carbocycles. The predicted octanol–water partition coefficient (Wildman–Crippen LogP) is 4.78. The molecular weight excluding hydrogens is 530 g/mol. The summed E-state index contributed by atoms with van der Waals surface area (Å²) >= 11 is 8.00. The molecule has 4 heteroatoms. The van der Waals surface area contributed by atoms with E-state index in [1.165, 1.54) is 7.14 Å². The normalized spacial score (nSPS) is 12.7. The Morgan fingerprint density at radius 3 is 1.79 bits per heavy atom. The van der Waals surface area contributed by atoms with E-state index in [9.17, 15) is 5.11 Å². The second kappa shape index (κ2) is 7.38. The Morgan fingerprint density at radius 2 is 1.42 bits per heavy atom. The van der Waals surface area contributed by atoms with Crippen molar-refractivity contribution < 1.29 is 5.11 Å². The first kappa shape index (κ1) is 15.7. The van der Waals surface area contributed by atoms with E-state index < -0.39 is 6.10 Å². The van der Waals surface area contributed by atoms with Crippen LogP contribution in [-0.2, 0) is 0 Å². The minimum Gasteiger partial charge on any atom is -0.391 e. The maximum absolute atomic E-state index is 10.4. The van der Waals surface area contributed by atoms with Crippen molar-refractivity contribution in [1.82, 2.24) is 0 Å². The third-order valence-corrected chi connectivity index (χ3v) is 4.96. The molecule has 1 N–H and O–H groups in total. The Labute approximate surface area is 149 Å². The maximum Gasteiger partial charge on any atom is 0.0745 e. The van der Waals surface area contributed by atoms with Crippen molar-refractivity contribution in [3.05, 3.63) is 66.8 Å². The average molecular weight is 543 g/mol. The monoisotopic (exact) mass is 542 g/mol. The quantitative estimate of drug-likeness (QED) is 0.435. The van der Waals surface area contributed by atoms with Gasteiger partial charge >= 0.3 is 0 Å². The summed E-state index contributed by atoms with van der Waals surface area (Å²) in [5.74, 6) is 0.00352. The molecule has 0 spiro atoms. The molecule has 0 amide bonds. The first-order chi connectivity index (χ1) is 9.11. The smallest absolute Gasteiger partial charge is 0.0745 e. The molecule has 0 heterocycles. The predicted molar refractivity (Wildman–Crippen MR) is 100.0 cm³/mol. The van der Waals surface area contributed by atoms with Crippen molar-refractivity contribution in [2.24, 2.45) is 0 Å². The van der Waals surface area contributed by atoms with Crippen LogP contribution in [0.2, 0.25) is 0 Å². The van der Waals surface area contributed by atoms with Crippen LogP contribution in [-0.4, -0.2) is 16.5 Å². The lowest BCUT2D eigenvalue weighted by molar-refractivity contribution is 0.182. The van der Waals surface area contributed by atoms with Gasteiger partial charge in [-0.05, 0) is 80.6 Å². The lowest BCUT2D eigenvalue weighted by Gasteiger charge is -2.23. The van der Waals surface area contributed by atoms with Crippen molar-refractivity contribution in [1.29, 1.82) is 0 Å². The summed E-state index contributed by atoms with van der Waals surface area (Å²) in [5, 5.41) is 10.9. The van der Waals surface area contributed by atoms with E-state index in [4.69, 9.17) is 0 Å². The number of alkyl halides is 1. The highest BCUT2D eigenvalue weighted by atomic mass is 127. The molecule has 2 aromatic rings. The Hall–Kier alpha value is 0.340. The zero-order chi connectivity index (χ0) is 13.8. The molecule has 100 valence electrons. The van der Waals surface area contributed by atoms with Gasteiger partial charge in [-0.2, -0.15) is 0 Å². The van der Waals surface area contributed by atoms with Gasteiger partial charge in [0.05, 0.1) is 6.10 Å². The van der Waals surface area contributed by atoms with E-state index in [-0.39, 0.29) is 5.92 Å². The molecule has 1 atom stereocenters. The van der Waals surface area contributed by atoms with Crippen LogP contribution in [0.4, 0.5) is 0 Å². The van der Waals surface area contributed by atoms with Crippen LogP contribution < -0.4 is 0 Å². The van der Waals surface area contributed by atoms with Crippen LogP contribution in [0.1, 0.15) is 17.0 Å². The first-order valence-corrected chi connectivity index (χ1v) is 9.14. The standard InChI is InChI=1S/C15H13BrI2O/c16-9-14(19)15(10-3-1-5-12(17)7-10)11-4-2-6-13(18)8-11/h1-8,14-15,19H,9H2. The molecule has 0 fully saturated rings. The minimum atomic E-state index is -0.434. The highest BCUT2D eigenvalue weighted by Gasteiger charge is 2.22. The number of halogens is 3. The van der Waals surface area contributed by atoms with Gasteiger partial charge in [0.2, 0.25) is 0 Å². The van der Waals surface area contributed by atoms with Crippen molar-refractivity contribution in [2.45, 2.75) is 12.0 Å². The molecule has 1 nitrogen and oxygen atoms in total. The number of benzene rings is 2.